The molecule has 0 saturated carbocycles. The fourth-order valence-corrected chi connectivity index (χ4v) is 3.92. The van der Waals surface area contributed by atoms with Gasteiger partial charge >= 0.3 is 0 Å². The van der Waals surface area contributed by atoms with Crippen LogP contribution in [0, 0.1) is 6.92 Å². The van der Waals surface area contributed by atoms with Crippen LogP contribution in [0.4, 0.5) is 11.4 Å². The van der Waals surface area contributed by atoms with Crippen LogP contribution in [0.15, 0.2) is 90.4 Å². The Kier molecular flexibility index (Phi) is 7.35. The highest BCUT2D eigenvalue weighted by Crippen LogP contribution is 2.23. The van der Waals surface area contributed by atoms with Crippen molar-refractivity contribution in [2.24, 2.45) is 0 Å². The molecule has 6 heteroatoms. The van der Waals surface area contributed by atoms with Gasteiger partial charge < -0.3 is 5.32 Å². The fraction of sp³-hybridized carbons (Fsp3) is 0.136. The van der Waals surface area contributed by atoms with Crippen molar-refractivity contribution < 1.29 is 13.2 Å². The molecule has 0 atom stereocenters. The number of nitrogens with zero attached hydrogens (tertiary/aromatic N) is 1. The molecule has 0 heterocycles. The van der Waals surface area contributed by atoms with Crippen molar-refractivity contribution in [2.45, 2.75) is 13.8 Å². The van der Waals surface area contributed by atoms with E-state index in [4.69, 9.17) is 0 Å². The van der Waals surface area contributed by atoms with Crippen molar-refractivity contribution in [3.8, 4) is 0 Å². The van der Waals surface area contributed by atoms with E-state index in [0.717, 1.165) is 9.87 Å². The molecule has 146 valence electrons. The molecular formula is C22H24N2O3S. The number of rotatable bonds is 8. The van der Waals surface area contributed by atoms with Crippen molar-refractivity contribution >= 4 is 27.3 Å². The Morgan fingerprint density at radius 3 is 2.36 bits per heavy atom. The molecular weight excluding hydrogens is 372 g/mol. The molecule has 0 aliphatic heterocycles. The average Bonchev–Trinajstić information content (AvgIpc) is 2.69. The summed E-state index contributed by atoms with van der Waals surface area (Å²) >= 11 is 0. The number of carbonyl (C=O) groups is 1. The molecule has 0 aliphatic carbocycles. The molecule has 0 aliphatic rings. The Balaban J connectivity index is 2.39. The van der Waals surface area contributed by atoms with E-state index in [2.05, 4.69) is 11.9 Å². The minimum atomic E-state index is -3.97. The lowest BCUT2D eigenvalue weighted by molar-refractivity contribution is -0.114. The molecule has 5 nitrogen and oxygen atoms in total. The fourth-order valence-electron chi connectivity index (χ4n) is 2.52. The Hall–Kier alpha value is -3.12. The van der Waals surface area contributed by atoms with Crippen molar-refractivity contribution in [3.05, 3.63) is 95.9 Å². The van der Waals surface area contributed by atoms with Crippen LogP contribution >= 0.6 is 0 Å². The lowest BCUT2D eigenvalue weighted by Crippen LogP contribution is -2.38. The van der Waals surface area contributed by atoms with Gasteiger partial charge in [0.05, 0.1) is 10.6 Å². The van der Waals surface area contributed by atoms with Gasteiger partial charge in [0.15, 0.2) is 0 Å². The second kappa shape index (κ2) is 9.71. The molecule has 0 radical (unpaired) electrons. The number of hydrogen-bond donors (Lipinski definition) is 1. The van der Waals surface area contributed by atoms with Crippen molar-refractivity contribution in [1.82, 2.24) is 0 Å². The SMILES string of the molecule is C=C/C(=C\C=C\C)S(=O)(=O)N(CC(=O)Nc1ccccc1C)c1ccccc1. The zero-order valence-corrected chi connectivity index (χ0v) is 16.8. The first-order valence-corrected chi connectivity index (χ1v) is 10.2. The van der Waals surface area contributed by atoms with Crippen LogP contribution in [0.1, 0.15) is 12.5 Å². The Morgan fingerprint density at radius 2 is 1.75 bits per heavy atom. The van der Waals surface area contributed by atoms with Gasteiger partial charge in [-0.05, 0) is 49.8 Å². The van der Waals surface area contributed by atoms with Crippen LogP contribution in [0.3, 0.4) is 0 Å². The number of allylic oxidation sites excluding steroid dienone is 4. The topological polar surface area (TPSA) is 66.5 Å². The second-order valence-corrected chi connectivity index (χ2v) is 7.87. The molecule has 1 amide bonds. The van der Waals surface area contributed by atoms with E-state index in [0.29, 0.717) is 11.4 Å². The molecule has 28 heavy (non-hydrogen) atoms. The predicted octanol–water partition coefficient (Wildman–Crippen LogP) is 4.42. The predicted molar refractivity (Wildman–Crippen MR) is 116 cm³/mol. The summed E-state index contributed by atoms with van der Waals surface area (Å²) in [6, 6.07) is 15.8. The summed E-state index contributed by atoms with van der Waals surface area (Å²) in [6.07, 6.45) is 6.06. The van der Waals surface area contributed by atoms with Gasteiger partial charge in [-0.25, -0.2) is 8.42 Å². The van der Waals surface area contributed by atoms with E-state index in [1.807, 2.05) is 25.1 Å². The highest BCUT2D eigenvalue weighted by atomic mass is 32.2. The van der Waals surface area contributed by atoms with Crippen LogP contribution in [0.25, 0.3) is 0 Å². The Bertz CT molecular complexity index is 993. The highest BCUT2D eigenvalue weighted by Gasteiger charge is 2.27. The maximum absolute atomic E-state index is 13.2. The zero-order valence-electron chi connectivity index (χ0n) is 16.0. The van der Waals surface area contributed by atoms with Crippen LogP contribution in [0.5, 0.6) is 0 Å². The molecule has 0 aromatic heterocycles. The van der Waals surface area contributed by atoms with Crippen molar-refractivity contribution in [3.63, 3.8) is 0 Å². The molecule has 0 spiro atoms. The molecule has 2 aromatic carbocycles. The normalized spacial score (nSPS) is 12.0. The largest absolute Gasteiger partial charge is 0.324 e. The Morgan fingerprint density at radius 1 is 1.11 bits per heavy atom. The number of hydrogen-bond acceptors (Lipinski definition) is 3. The van der Waals surface area contributed by atoms with E-state index in [9.17, 15) is 13.2 Å². The standard InChI is InChI=1S/C22H24N2O3S/c1-4-6-15-20(5-2)28(26,27)24(19-13-8-7-9-14-19)17-22(25)23-21-16-11-10-12-18(21)3/h4-16H,2,17H2,1,3H3,(H,23,25)/b6-4+,20-15+. The third-order valence-corrected chi connectivity index (χ3v) is 5.81. The van der Waals surface area contributed by atoms with Crippen LogP contribution in [-0.4, -0.2) is 20.9 Å². The van der Waals surface area contributed by atoms with Crippen LogP contribution in [-0.2, 0) is 14.8 Å². The van der Waals surface area contributed by atoms with Crippen LogP contribution < -0.4 is 9.62 Å². The maximum atomic E-state index is 13.2. The summed E-state index contributed by atoms with van der Waals surface area (Å²) in [6.45, 7) is 6.90. The lowest BCUT2D eigenvalue weighted by atomic mass is 10.2. The number of aryl methyl sites for hydroxylation is 1. The number of carbonyl (C=O) groups excluding carboxylic acids is 1. The first kappa shape index (κ1) is 21.2. The van der Waals surface area contributed by atoms with Crippen LogP contribution in [0.2, 0.25) is 0 Å². The van der Waals surface area contributed by atoms with Gasteiger partial charge in [0.2, 0.25) is 5.91 Å². The molecule has 0 fully saturated rings. The van der Waals surface area contributed by atoms with E-state index >= 15 is 0 Å². The summed E-state index contributed by atoms with van der Waals surface area (Å²) in [7, 11) is -3.97. The third kappa shape index (κ3) is 5.20. The number of anilines is 2. The summed E-state index contributed by atoms with van der Waals surface area (Å²) in [5, 5.41) is 2.78. The monoisotopic (exact) mass is 396 g/mol. The quantitative estimate of drug-likeness (QED) is 0.672. The minimum Gasteiger partial charge on any atom is -0.324 e. The minimum absolute atomic E-state index is 0.0122. The number of para-hydroxylation sites is 2. The number of sulfonamides is 1. The lowest BCUT2D eigenvalue weighted by Gasteiger charge is -2.24. The average molecular weight is 397 g/mol. The van der Waals surface area contributed by atoms with Gasteiger partial charge in [0.1, 0.15) is 6.54 Å². The van der Waals surface area contributed by atoms with Gasteiger partial charge in [0, 0.05) is 5.69 Å². The molecule has 2 aromatic rings. The van der Waals surface area contributed by atoms with Gasteiger partial charge in [-0.15, -0.1) is 0 Å². The zero-order chi connectivity index (χ0) is 20.6. The smallest absolute Gasteiger partial charge is 0.264 e. The first-order valence-electron chi connectivity index (χ1n) is 8.79. The molecule has 2 rings (SSSR count). The van der Waals surface area contributed by atoms with E-state index in [1.165, 1.54) is 12.2 Å². The Labute approximate surface area is 166 Å². The van der Waals surface area contributed by atoms with Gasteiger partial charge in [-0.2, -0.15) is 0 Å². The van der Waals surface area contributed by atoms with E-state index in [1.54, 1.807) is 55.5 Å². The molecule has 0 bridgehead atoms. The van der Waals surface area contributed by atoms with Gasteiger partial charge in [-0.3, -0.25) is 9.10 Å². The van der Waals surface area contributed by atoms with Crippen molar-refractivity contribution in [1.29, 1.82) is 0 Å². The van der Waals surface area contributed by atoms with E-state index < -0.39 is 15.9 Å². The maximum Gasteiger partial charge on any atom is 0.264 e. The van der Waals surface area contributed by atoms with Gasteiger partial charge in [-0.1, -0.05) is 55.1 Å². The third-order valence-electron chi connectivity index (χ3n) is 3.99. The van der Waals surface area contributed by atoms with E-state index in [-0.39, 0.29) is 11.4 Å². The second-order valence-electron chi connectivity index (χ2n) is 6.01. The molecule has 1 N–H and O–H groups in total. The molecule has 0 unspecified atom stereocenters. The number of amides is 1. The number of benzene rings is 2. The summed E-state index contributed by atoms with van der Waals surface area (Å²) in [4.78, 5) is 12.7. The summed E-state index contributed by atoms with van der Waals surface area (Å²) in [5.41, 5.74) is 1.94. The molecule has 0 saturated heterocycles. The highest BCUT2D eigenvalue weighted by molar-refractivity contribution is 7.96. The van der Waals surface area contributed by atoms with Gasteiger partial charge in [0.25, 0.3) is 10.0 Å². The van der Waals surface area contributed by atoms with Crippen molar-refractivity contribution in [2.75, 3.05) is 16.2 Å². The number of nitrogens with one attached hydrogen (secondary N) is 1. The summed E-state index contributed by atoms with van der Waals surface area (Å²) < 4.78 is 27.5. The first-order chi connectivity index (χ1) is 13.4. The summed E-state index contributed by atoms with van der Waals surface area (Å²) in [5.74, 6) is -0.434.